The van der Waals surface area contributed by atoms with Crippen molar-refractivity contribution in [1.29, 1.82) is 5.26 Å². The lowest BCUT2D eigenvalue weighted by Crippen LogP contribution is -2.30. The molecule has 0 aliphatic heterocycles. The molecule has 1 N–H and O–H groups in total. The van der Waals surface area contributed by atoms with Crippen LogP contribution in [0.15, 0.2) is 72.8 Å². The van der Waals surface area contributed by atoms with Gasteiger partial charge in [0.2, 0.25) is 0 Å². The van der Waals surface area contributed by atoms with Crippen molar-refractivity contribution < 1.29 is 9.59 Å². The molecule has 3 aromatic rings. The van der Waals surface area contributed by atoms with Crippen LogP contribution in [-0.4, -0.2) is 18.4 Å². The quantitative estimate of drug-likeness (QED) is 0.689. The van der Waals surface area contributed by atoms with E-state index in [1.807, 2.05) is 44.2 Å². The average Bonchev–Trinajstić information content (AvgIpc) is 2.75. The van der Waals surface area contributed by atoms with Gasteiger partial charge in [-0.25, -0.2) is 0 Å². The zero-order valence-corrected chi connectivity index (χ0v) is 16.3. The standard InChI is InChI=1S/C24H21N3O2/c1-3-27(22-9-4-6-17(2)14-22)24(29)20-8-5-7-19(15-20)23(28)26-21-12-10-18(16-25)11-13-21/h4-15H,3H2,1-2H3,(H,26,28). The maximum Gasteiger partial charge on any atom is 0.258 e. The molecule has 0 aromatic heterocycles. The Morgan fingerprint density at radius 1 is 0.966 bits per heavy atom. The number of amides is 2. The van der Waals surface area contributed by atoms with E-state index in [0.717, 1.165) is 11.3 Å². The van der Waals surface area contributed by atoms with Crippen LogP contribution in [0.5, 0.6) is 0 Å². The van der Waals surface area contributed by atoms with Crippen LogP contribution >= 0.6 is 0 Å². The molecule has 29 heavy (non-hydrogen) atoms. The predicted molar refractivity (Wildman–Crippen MR) is 114 cm³/mol. The maximum absolute atomic E-state index is 13.1. The number of aryl methyl sites for hydroxylation is 1. The summed E-state index contributed by atoms with van der Waals surface area (Å²) < 4.78 is 0. The van der Waals surface area contributed by atoms with E-state index in [4.69, 9.17) is 5.26 Å². The second kappa shape index (κ2) is 8.85. The number of hydrogen-bond donors (Lipinski definition) is 1. The summed E-state index contributed by atoms with van der Waals surface area (Å²) in [5.41, 5.74) is 3.84. The van der Waals surface area contributed by atoms with E-state index in [-0.39, 0.29) is 11.8 Å². The smallest absolute Gasteiger partial charge is 0.258 e. The third kappa shape index (κ3) is 4.69. The summed E-state index contributed by atoms with van der Waals surface area (Å²) >= 11 is 0. The van der Waals surface area contributed by atoms with E-state index >= 15 is 0 Å². The molecule has 0 fully saturated rings. The first-order valence-corrected chi connectivity index (χ1v) is 9.32. The molecule has 3 aromatic carbocycles. The summed E-state index contributed by atoms with van der Waals surface area (Å²) in [6.45, 7) is 4.42. The second-order valence-corrected chi connectivity index (χ2v) is 6.61. The van der Waals surface area contributed by atoms with Crippen molar-refractivity contribution in [1.82, 2.24) is 0 Å². The van der Waals surface area contributed by atoms with Crippen molar-refractivity contribution >= 4 is 23.2 Å². The molecule has 5 nitrogen and oxygen atoms in total. The van der Waals surface area contributed by atoms with Crippen LogP contribution in [-0.2, 0) is 0 Å². The molecule has 144 valence electrons. The van der Waals surface area contributed by atoms with Gasteiger partial charge in [0, 0.05) is 29.0 Å². The Hall–Kier alpha value is -3.91. The zero-order chi connectivity index (χ0) is 20.8. The molecule has 0 unspecified atom stereocenters. The zero-order valence-electron chi connectivity index (χ0n) is 16.3. The fraction of sp³-hybridized carbons (Fsp3) is 0.125. The topological polar surface area (TPSA) is 73.2 Å². The molecular formula is C24H21N3O2. The van der Waals surface area contributed by atoms with Crippen molar-refractivity contribution in [2.75, 3.05) is 16.8 Å². The molecule has 0 heterocycles. The van der Waals surface area contributed by atoms with Crippen LogP contribution in [0.4, 0.5) is 11.4 Å². The van der Waals surface area contributed by atoms with Crippen LogP contribution in [0.25, 0.3) is 0 Å². The SMILES string of the molecule is CCN(C(=O)c1cccc(C(=O)Nc2ccc(C#N)cc2)c1)c1cccc(C)c1. The number of nitrogens with zero attached hydrogens (tertiary/aromatic N) is 2. The number of benzene rings is 3. The Balaban J connectivity index is 1.81. The normalized spacial score (nSPS) is 10.1. The molecule has 0 radical (unpaired) electrons. The number of carbonyl (C=O) groups excluding carboxylic acids is 2. The highest BCUT2D eigenvalue weighted by Gasteiger charge is 2.18. The third-order valence-corrected chi connectivity index (χ3v) is 4.52. The minimum Gasteiger partial charge on any atom is -0.322 e. The monoisotopic (exact) mass is 383 g/mol. The Morgan fingerprint density at radius 3 is 2.31 bits per heavy atom. The van der Waals surface area contributed by atoms with Crippen LogP contribution in [0, 0.1) is 18.3 Å². The first kappa shape index (κ1) is 19.8. The van der Waals surface area contributed by atoms with Crippen molar-refractivity contribution in [3.05, 3.63) is 95.1 Å². The van der Waals surface area contributed by atoms with Gasteiger partial charge < -0.3 is 10.2 Å². The number of carbonyl (C=O) groups is 2. The Morgan fingerprint density at radius 2 is 1.66 bits per heavy atom. The molecule has 2 amide bonds. The minimum atomic E-state index is -0.317. The summed E-state index contributed by atoms with van der Waals surface area (Å²) in [6, 6.07) is 23.1. The van der Waals surface area contributed by atoms with E-state index in [1.54, 1.807) is 53.4 Å². The predicted octanol–water partition coefficient (Wildman–Crippen LogP) is 4.79. The molecule has 3 rings (SSSR count). The first-order chi connectivity index (χ1) is 14.0. The van der Waals surface area contributed by atoms with E-state index < -0.39 is 0 Å². The van der Waals surface area contributed by atoms with Gasteiger partial charge in [0.1, 0.15) is 0 Å². The van der Waals surface area contributed by atoms with Gasteiger partial charge in [0.25, 0.3) is 11.8 Å². The summed E-state index contributed by atoms with van der Waals surface area (Å²) in [6.07, 6.45) is 0. The maximum atomic E-state index is 13.1. The molecule has 0 aliphatic carbocycles. The highest BCUT2D eigenvalue weighted by molar-refractivity contribution is 6.09. The van der Waals surface area contributed by atoms with Crippen molar-refractivity contribution in [2.24, 2.45) is 0 Å². The Kier molecular flexibility index (Phi) is 6.06. The number of hydrogen-bond acceptors (Lipinski definition) is 3. The number of anilines is 2. The van der Waals surface area contributed by atoms with E-state index in [1.165, 1.54) is 0 Å². The lowest BCUT2D eigenvalue weighted by atomic mass is 10.1. The molecule has 0 atom stereocenters. The molecule has 0 saturated carbocycles. The van der Waals surface area contributed by atoms with Crippen molar-refractivity contribution in [2.45, 2.75) is 13.8 Å². The van der Waals surface area contributed by atoms with E-state index in [0.29, 0.717) is 28.9 Å². The number of rotatable bonds is 5. The van der Waals surface area contributed by atoms with Crippen molar-refractivity contribution in [3.63, 3.8) is 0 Å². The molecule has 0 bridgehead atoms. The molecular weight excluding hydrogens is 362 g/mol. The van der Waals surface area contributed by atoms with E-state index in [2.05, 4.69) is 5.32 Å². The van der Waals surface area contributed by atoms with Crippen LogP contribution in [0.1, 0.15) is 38.8 Å². The molecule has 0 spiro atoms. The van der Waals surface area contributed by atoms with Gasteiger partial charge in [-0.2, -0.15) is 5.26 Å². The fourth-order valence-electron chi connectivity index (χ4n) is 3.02. The molecule has 5 heteroatoms. The van der Waals surface area contributed by atoms with Crippen LogP contribution in [0.3, 0.4) is 0 Å². The highest BCUT2D eigenvalue weighted by atomic mass is 16.2. The number of nitriles is 1. The van der Waals surface area contributed by atoms with Gasteiger partial charge in [-0.15, -0.1) is 0 Å². The third-order valence-electron chi connectivity index (χ3n) is 4.52. The summed E-state index contributed by atoms with van der Waals surface area (Å²) in [7, 11) is 0. The Bertz CT molecular complexity index is 1080. The lowest BCUT2D eigenvalue weighted by Gasteiger charge is -2.22. The summed E-state index contributed by atoms with van der Waals surface area (Å²) in [5, 5.41) is 11.6. The average molecular weight is 383 g/mol. The lowest BCUT2D eigenvalue weighted by molar-refractivity contribution is 0.0988. The Labute approximate surface area is 170 Å². The van der Waals surface area contributed by atoms with Crippen LogP contribution in [0.2, 0.25) is 0 Å². The van der Waals surface area contributed by atoms with E-state index in [9.17, 15) is 9.59 Å². The first-order valence-electron chi connectivity index (χ1n) is 9.32. The largest absolute Gasteiger partial charge is 0.322 e. The fourth-order valence-corrected chi connectivity index (χ4v) is 3.02. The highest BCUT2D eigenvalue weighted by Crippen LogP contribution is 2.19. The summed E-state index contributed by atoms with van der Waals surface area (Å²) in [4.78, 5) is 27.3. The molecule has 0 saturated heterocycles. The van der Waals surface area contributed by atoms with Gasteiger partial charge in [-0.3, -0.25) is 9.59 Å². The molecule has 0 aliphatic rings. The second-order valence-electron chi connectivity index (χ2n) is 6.61. The summed E-state index contributed by atoms with van der Waals surface area (Å²) in [5.74, 6) is -0.478. The van der Waals surface area contributed by atoms with Gasteiger partial charge in [-0.05, 0) is 74.0 Å². The van der Waals surface area contributed by atoms with Gasteiger partial charge >= 0.3 is 0 Å². The van der Waals surface area contributed by atoms with Gasteiger partial charge in [0.05, 0.1) is 11.6 Å². The number of nitrogens with one attached hydrogen (secondary N) is 1. The minimum absolute atomic E-state index is 0.161. The van der Waals surface area contributed by atoms with Gasteiger partial charge in [-0.1, -0.05) is 18.2 Å². The van der Waals surface area contributed by atoms with Gasteiger partial charge in [0.15, 0.2) is 0 Å². The van der Waals surface area contributed by atoms with Crippen LogP contribution < -0.4 is 10.2 Å². The van der Waals surface area contributed by atoms with Crippen molar-refractivity contribution in [3.8, 4) is 6.07 Å².